The van der Waals surface area contributed by atoms with Gasteiger partial charge < -0.3 is 14.5 Å². The second-order valence-electron chi connectivity index (χ2n) is 6.95. The molecule has 0 aromatic carbocycles. The molecular formula is C19H18F2N6O2. The lowest BCUT2D eigenvalue weighted by molar-refractivity contribution is -0.139. The fraction of sp³-hybridized carbons (Fsp3) is 0.421. The second-order valence-corrected chi connectivity index (χ2v) is 6.95. The molecule has 2 aromatic heterocycles. The van der Waals surface area contributed by atoms with E-state index in [1.807, 2.05) is 6.07 Å². The van der Waals surface area contributed by atoms with Gasteiger partial charge in [0.1, 0.15) is 30.2 Å². The number of carbonyl (C=O) groups is 1. The highest BCUT2D eigenvalue weighted by atomic mass is 19.1. The number of hydrogen-bond acceptors (Lipinski definition) is 7. The number of aromatic nitrogens is 3. The van der Waals surface area contributed by atoms with Crippen LogP contribution in [0.2, 0.25) is 0 Å². The monoisotopic (exact) mass is 400 g/mol. The van der Waals surface area contributed by atoms with E-state index in [1.165, 1.54) is 6.20 Å². The smallest absolute Gasteiger partial charge is 0.229 e. The number of piperidine rings is 1. The van der Waals surface area contributed by atoms with Gasteiger partial charge >= 0.3 is 0 Å². The van der Waals surface area contributed by atoms with Crippen LogP contribution in [0, 0.1) is 23.1 Å². The van der Waals surface area contributed by atoms with E-state index >= 15 is 0 Å². The van der Waals surface area contributed by atoms with E-state index in [4.69, 9.17) is 4.74 Å². The molecule has 0 aliphatic carbocycles. The van der Waals surface area contributed by atoms with Crippen LogP contribution in [0.4, 0.5) is 14.7 Å². The third kappa shape index (κ3) is 3.81. The molecule has 2 aromatic rings. The van der Waals surface area contributed by atoms with Gasteiger partial charge in [0.15, 0.2) is 5.82 Å². The molecule has 8 nitrogen and oxygen atoms in total. The first-order valence-corrected chi connectivity index (χ1v) is 9.22. The summed E-state index contributed by atoms with van der Waals surface area (Å²) >= 11 is 0. The Morgan fingerprint density at radius 1 is 1.24 bits per heavy atom. The van der Waals surface area contributed by atoms with Gasteiger partial charge in [-0.1, -0.05) is 0 Å². The van der Waals surface area contributed by atoms with Crippen molar-refractivity contribution in [2.45, 2.75) is 19.1 Å². The Hall–Kier alpha value is -3.35. The van der Waals surface area contributed by atoms with Gasteiger partial charge in [-0.3, -0.25) is 9.78 Å². The van der Waals surface area contributed by atoms with Crippen LogP contribution in [-0.2, 0) is 11.3 Å². The van der Waals surface area contributed by atoms with E-state index in [-0.39, 0.29) is 31.6 Å². The molecule has 0 unspecified atom stereocenters. The summed E-state index contributed by atoms with van der Waals surface area (Å²) in [5.74, 6) is -0.977. The molecule has 4 heterocycles. The van der Waals surface area contributed by atoms with Crippen LogP contribution in [-0.4, -0.2) is 58.2 Å². The van der Waals surface area contributed by atoms with E-state index in [1.54, 1.807) is 16.0 Å². The number of anilines is 1. The van der Waals surface area contributed by atoms with Gasteiger partial charge in [-0.25, -0.2) is 18.7 Å². The molecule has 2 atom stereocenters. The van der Waals surface area contributed by atoms with Gasteiger partial charge in [0.05, 0.1) is 37.9 Å². The third-order valence-electron chi connectivity index (χ3n) is 5.12. The number of fused-ring (bicyclic) bond motifs is 1. The van der Waals surface area contributed by atoms with Gasteiger partial charge in [0.25, 0.3) is 0 Å². The van der Waals surface area contributed by atoms with Crippen molar-refractivity contribution >= 4 is 11.9 Å². The van der Waals surface area contributed by atoms with Crippen LogP contribution >= 0.6 is 0 Å². The summed E-state index contributed by atoms with van der Waals surface area (Å²) in [4.78, 5) is 27.9. The maximum atomic E-state index is 14.9. The quantitative estimate of drug-likeness (QED) is 0.753. The minimum Gasteiger partial charge on any atom is -0.490 e. The largest absolute Gasteiger partial charge is 0.490 e. The summed E-state index contributed by atoms with van der Waals surface area (Å²) in [6.07, 6.45) is 3.93. The Bertz CT molecular complexity index is 949. The predicted molar refractivity (Wildman–Crippen MR) is 97.1 cm³/mol. The number of alkyl halides is 1. The normalized spacial score (nSPS) is 21.6. The molecule has 10 heteroatoms. The Kier molecular flexibility index (Phi) is 5.20. The van der Waals surface area contributed by atoms with E-state index in [9.17, 15) is 18.8 Å². The number of rotatable bonds is 2. The zero-order chi connectivity index (χ0) is 20.4. The van der Waals surface area contributed by atoms with Gasteiger partial charge in [-0.15, -0.1) is 0 Å². The molecule has 0 spiro atoms. The lowest BCUT2D eigenvalue weighted by atomic mass is 9.93. The fourth-order valence-electron chi connectivity index (χ4n) is 3.65. The Morgan fingerprint density at radius 3 is 2.76 bits per heavy atom. The Morgan fingerprint density at radius 2 is 2.03 bits per heavy atom. The molecule has 0 radical (unpaired) electrons. The number of ether oxygens (including phenoxy) is 1. The molecule has 4 rings (SSSR count). The second kappa shape index (κ2) is 7.95. The van der Waals surface area contributed by atoms with Crippen LogP contribution in [0.25, 0.3) is 0 Å². The van der Waals surface area contributed by atoms with Crippen molar-refractivity contribution in [3.05, 3.63) is 41.7 Å². The molecule has 2 aliphatic rings. The minimum atomic E-state index is -1.41. The molecule has 1 saturated heterocycles. The van der Waals surface area contributed by atoms with Crippen LogP contribution in [0.3, 0.4) is 0 Å². The maximum Gasteiger partial charge on any atom is 0.229 e. The van der Waals surface area contributed by atoms with Gasteiger partial charge in [0, 0.05) is 24.5 Å². The van der Waals surface area contributed by atoms with Gasteiger partial charge in [0.2, 0.25) is 11.9 Å². The Balaban J connectivity index is 1.46. The molecule has 1 fully saturated rings. The highest BCUT2D eigenvalue weighted by Crippen LogP contribution is 2.29. The maximum absolute atomic E-state index is 14.9. The van der Waals surface area contributed by atoms with Gasteiger partial charge in [-0.05, 0) is 6.42 Å². The average Bonchev–Trinajstić information content (AvgIpc) is 2.96. The molecule has 29 heavy (non-hydrogen) atoms. The van der Waals surface area contributed by atoms with Crippen LogP contribution in [0.15, 0.2) is 24.8 Å². The third-order valence-corrected chi connectivity index (χ3v) is 5.12. The molecule has 0 bridgehead atoms. The molecule has 150 valence electrons. The summed E-state index contributed by atoms with van der Waals surface area (Å²) < 4.78 is 33.5. The highest BCUT2D eigenvalue weighted by Gasteiger charge is 2.38. The first-order valence-electron chi connectivity index (χ1n) is 9.22. The summed E-state index contributed by atoms with van der Waals surface area (Å²) in [7, 11) is 0. The molecule has 0 saturated carbocycles. The summed E-state index contributed by atoms with van der Waals surface area (Å²) in [5, 5.41) is 9.20. The van der Waals surface area contributed by atoms with Crippen molar-refractivity contribution in [3.63, 3.8) is 0 Å². The first-order chi connectivity index (χ1) is 14.1. The first kappa shape index (κ1) is 19.0. The van der Waals surface area contributed by atoms with Crippen LogP contribution < -0.4 is 9.64 Å². The number of carbonyl (C=O) groups excluding carboxylic acids is 1. The lowest BCUT2D eigenvalue weighted by Crippen LogP contribution is -2.49. The topological polar surface area (TPSA) is 95.2 Å². The summed E-state index contributed by atoms with van der Waals surface area (Å²) in [5.41, 5.74) is 0.940. The zero-order valence-corrected chi connectivity index (χ0v) is 15.5. The van der Waals surface area contributed by atoms with Crippen molar-refractivity contribution in [3.8, 4) is 11.8 Å². The van der Waals surface area contributed by atoms with Crippen molar-refractivity contribution in [2.24, 2.45) is 5.92 Å². The van der Waals surface area contributed by atoms with Gasteiger partial charge in [-0.2, -0.15) is 5.26 Å². The van der Waals surface area contributed by atoms with E-state index < -0.39 is 17.9 Å². The van der Waals surface area contributed by atoms with Crippen molar-refractivity contribution in [1.82, 2.24) is 19.9 Å². The van der Waals surface area contributed by atoms with Crippen molar-refractivity contribution in [2.75, 3.05) is 31.1 Å². The minimum absolute atomic E-state index is 0.0386. The lowest BCUT2D eigenvalue weighted by Gasteiger charge is -2.36. The number of halogens is 2. The molecule has 0 N–H and O–H groups in total. The van der Waals surface area contributed by atoms with Crippen molar-refractivity contribution < 1.29 is 18.3 Å². The van der Waals surface area contributed by atoms with E-state index in [0.717, 1.165) is 12.4 Å². The van der Waals surface area contributed by atoms with Crippen LogP contribution in [0.1, 0.15) is 17.5 Å². The number of pyridine rings is 1. The number of nitrogens with zero attached hydrogens (tertiary/aromatic N) is 6. The number of nitriles is 1. The SMILES string of the molecule is N#Cc1cncc2c1OCCN(C(=O)[C@H]1CCN(c3ncc(F)cn3)C[C@@H]1F)C2. The van der Waals surface area contributed by atoms with Crippen LogP contribution in [0.5, 0.6) is 5.75 Å². The highest BCUT2D eigenvalue weighted by molar-refractivity contribution is 5.80. The predicted octanol–water partition coefficient (Wildman–Crippen LogP) is 1.47. The van der Waals surface area contributed by atoms with Crippen molar-refractivity contribution in [1.29, 1.82) is 5.26 Å². The number of amides is 1. The molecule has 1 amide bonds. The Labute approximate surface area is 165 Å². The molecule has 2 aliphatic heterocycles. The fourth-order valence-corrected chi connectivity index (χ4v) is 3.65. The summed E-state index contributed by atoms with van der Waals surface area (Å²) in [6, 6.07) is 2.03. The number of hydrogen-bond donors (Lipinski definition) is 0. The average molecular weight is 400 g/mol. The van der Waals surface area contributed by atoms with E-state index in [0.29, 0.717) is 36.4 Å². The van der Waals surface area contributed by atoms with E-state index in [2.05, 4.69) is 15.0 Å². The standard InChI is InChI=1S/C19H18F2N6O2/c20-14-8-24-19(25-9-14)27-2-1-15(16(21)11-27)18(28)26-3-4-29-17-12(5-22)6-23-7-13(17)10-26/h6-9,15-16H,1-4,10-11H2/t15-,16-/m0/s1. The zero-order valence-electron chi connectivity index (χ0n) is 15.5. The summed E-state index contributed by atoms with van der Waals surface area (Å²) in [6.45, 7) is 1.08. The molecular weight excluding hydrogens is 382 g/mol.